The molecule has 1 aliphatic rings. The quantitative estimate of drug-likeness (QED) is 0.330. The number of amides is 5. The molecule has 0 saturated carbocycles. The average molecular weight is 466 g/mol. The SMILES string of the molecule is CCC1(c2ccc(F)cc2)NC(=O)N(CC(=O)NCC(=O)Nc2ccc(F)c(F)c2F)C1=O. The Labute approximate surface area is 184 Å². The van der Waals surface area contributed by atoms with Crippen molar-refractivity contribution in [3.63, 3.8) is 0 Å². The van der Waals surface area contributed by atoms with Gasteiger partial charge in [-0.2, -0.15) is 0 Å². The van der Waals surface area contributed by atoms with Gasteiger partial charge in [-0.15, -0.1) is 0 Å². The van der Waals surface area contributed by atoms with Crippen molar-refractivity contribution in [2.24, 2.45) is 0 Å². The molecule has 33 heavy (non-hydrogen) atoms. The molecule has 1 unspecified atom stereocenters. The second-order valence-electron chi connectivity index (χ2n) is 7.14. The van der Waals surface area contributed by atoms with Crippen LogP contribution in [0.5, 0.6) is 0 Å². The maximum atomic E-state index is 13.6. The van der Waals surface area contributed by atoms with Crippen molar-refractivity contribution in [1.82, 2.24) is 15.5 Å². The zero-order valence-electron chi connectivity index (χ0n) is 17.2. The van der Waals surface area contributed by atoms with Crippen LogP contribution in [-0.2, 0) is 19.9 Å². The lowest BCUT2D eigenvalue weighted by atomic mass is 9.87. The van der Waals surface area contributed by atoms with E-state index in [1.807, 2.05) is 5.32 Å². The van der Waals surface area contributed by atoms with E-state index in [1.165, 1.54) is 12.1 Å². The molecule has 1 aliphatic heterocycles. The van der Waals surface area contributed by atoms with Gasteiger partial charge in [-0.3, -0.25) is 19.3 Å². The van der Waals surface area contributed by atoms with Crippen LogP contribution in [0.3, 0.4) is 0 Å². The average Bonchev–Trinajstić information content (AvgIpc) is 3.03. The summed E-state index contributed by atoms with van der Waals surface area (Å²) in [4.78, 5) is 50.0. The van der Waals surface area contributed by atoms with E-state index in [1.54, 1.807) is 6.92 Å². The van der Waals surface area contributed by atoms with Crippen molar-refractivity contribution < 1.29 is 36.7 Å². The molecule has 0 spiro atoms. The van der Waals surface area contributed by atoms with Crippen LogP contribution < -0.4 is 16.0 Å². The number of nitrogens with zero attached hydrogens (tertiary/aromatic N) is 1. The van der Waals surface area contributed by atoms with E-state index in [0.717, 1.165) is 18.2 Å². The summed E-state index contributed by atoms with van der Waals surface area (Å²) in [7, 11) is 0. The molecule has 174 valence electrons. The molecule has 2 aromatic carbocycles. The Bertz CT molecular complexity index is 1130. The smallest absolute Gasteiger partial charge is 0.325 e. The van der Waals surface area contributed by atoms with Crippen molar-refractivity contribution in [3.05, 3.63) is 65.2 Å². The van der Waals surface area contributed by atoms with Gasteiger partial charge in [0.1, 0.15) is 17.9 Å². The number of carbonyl (C=O) groups is 4. The molecule has 1 heterocycles. The summed E-state index contributed by atoms with van der Waals surface area (Å²) in [5.41, 5.74) is -1.78. The largest absolute Gasteiger partial charge is 0.345 e. The van der Waals surface area contributed by atoms with Crippen LogP contribution in [0.2, 0.25) is 0 Å². The number of nitrogens with one attached hydrogen (secondary N) is 3. The molecule has 12 heteroatoms. The standard InChI is InChI=1S/C21H18F4N4O4/c1-2-21(11-3-5-12(22)6-4-11)19(32)29(20(33)28-21)10-16(31)26-9-15(30)27-14-8-7-13(23)17(24)18(14)25/h3-8H,2,9-10H2,1H3,(H,26,31)(H,27,30)(H,28,33). The van der Waals surface area contributed by atoms with Crippen molar-refractivity contribution in [2.75, 3.05) is 18.4 Å². The lowest BCUT2D eigenvalue weighted by Gasteiger charge is -2.25. The first-order valence-electron chi connectivity index (χ1n) is 9.69. The summed E-state index contributed by atoms with van der Waals surface area (Å²) in [6.45, 7) is 0.213. The van der Waals surface area contributed by atoms with Crippen LogP contribution in [-0.4, -0.2) is 41.7 Å². The topological polar surface area (TPSA) is 108 Å². The Balaban J connectivity index is 1.61. The molecule has 8 nitrogen and oxygen atoms in total. The predicted octanol–water partition coefficient (Wildman–Crippen LogP) is 2.15. The third-order valence-corrected chi connectivity index (χ3v) is 5.10. The molecule has 2 aromatic rings. The summed E-state index contributed by atoms with van der Waals surface area (Å²) in [5.74, 6) is -7.91. The summed E-state index contributed by atoms with van der Waals surface area (Å²) >= 11 is 0. The molecule has 3 rings (SSSR count). The number of benzene rings is 2. The highest BCUT2D eigenvalue weighted by molar-refractivity contribution is 6.09. The number of urea groups is 1. The molecule has 0 aliphatic carbocycles. The third-order valence-electron chi connectivity index (χ3n) is 5.10. The van der Waals surface area contributed by atoms with Crippen LogP contribution in [0, 0.1) is 23.3 Å². The molecular weight excluding hydrogens is 448 g/mol. The number of halogens is 4. The molecule has 1 atom stereocenters. The number of hydrogen-bond donors (Lipinski definition) is 3. The summed E-state index contributed by atoms with van der Waals surface area (Å²) < 4.78 is 53.0. The van der Waals surface area contributed by atoms with Crippen LogP contribution >= 0.6 is 0 Å². The van der Waals surface area contributed by atoms with E-state index >= 15 is 0 Å². The van der Waals surface area contributed by atoms with Gasteiger partial charge >= 0.3 is 6.03 Å². The highest BCUT2D eigenvalue weighted by Crippen LogP contribution is 2.32. The maximum Gasteiger partial charge on any atom is 0.325 e. The molecule has 3 N–H and O–H groups in total. The zero-order valence-corrected chi connectivity index (χ0v) is 17.2. The van der Waals surface area contributed by atoms with Crippen molar-refractivity contribution in [2.45, 2.75) is 18.9 Å². The molecule has 0 radical (unpaired) electrons. The normalized spacial score (nSPS) is 17.7. The maximum absolute atomic E-state index is 13.6. The van der Waals surface area contributed by atoms with Gasteiger partial charge in [0.15, 0.2) is 17.5 Å². The zero-order chi connectivity index (χ0) is 24.3. The lowest BCUT2D eigenvalue weighted by Crippen LogP contribution is -2.45. The first kappa shape index (κ1) is 23.7. The lowest BCUT2D eigenvalue weighted by molar-refractivity contribution is -0.135. The Hall–Kier alpha value is -3.96. The van der Waals surface area contributed by atoms with E-state index in [2.05, 4.69) is 10.6 Å². The Morgan fingerprint density at radius 1 is 0.970 bits per heavy atom. The highest BCUT2D eigenvalue weighted by atomic mass is 19.2. The van der Waals surface area contributed by atoms with Crippen molar-refractivity contribution in [3.8, 4) is 0 Å². The number of imide groups is 1. The first-order chi connectivity index (χ1) is 15.6. The van der Waals surface area contributed by atoms with E-state index < -0.39 is 71.3 Å². The molecule has 1 fully saturated rings. The van der Waals surface area contributed by atoms with Crippen LogP contribution in [0.4, 0.5) is 28.0 Å². The summed E-state index contributed by atoms with van der Waals surface area (Å²) in [6, 6.07) is 5.54. The van der Waals surface area contributed by atoms with E-state index in [0.29, 0.717) is 16.5 Å². The van der Waals surface area contributed by atoms with Gasteiger partial charge in [0.2, 0.25) is 11.8 Å². The van der Waals surface area contributed by atoms with E-state index in [9.17, 15) is 36.7 Å². The van der Waals surface area contributed by atoms with E-state index in [-0.39, 0.29) is 6.42 Å². The second-order valence-corrected chi connectivity index (χ2v) is 7.14. The molecule has 0 aromatic heterocycles. The Morgan fingerprint density at radius 2 is 1.64 bits per heavy atom. The minimum absolute atomic E-state index is 0.128. The highest BCUT2D eigenvalue weighted by Gasteiger charge is 2.51. The summed E-state index contributed by atoms with van der Waals surface area (Å²) in [5, 5.41) is 6.63. The van der Waals surface area contributed by atoms with Crippen molar-refractivity contribution >= 4 is 29.4 Å². The van der Waals surface area contributed by atoms with Crippen LogP contribution in [0.25, 0.3) is 0 Å². The number of anilines is 1. The fraction of sp³-hybridized carbons (Fsp3) is 0.238. The minimum Gasteiger partial charge on any atom is -0.345 e. The molecular formula is C21H18F4N4O4. The van der Waals surface area contributed by atoms with Crippen LogP contribution in [0.15, 0.2) is 36.4 Å². The van der Waals surface area contributed by atoms with Gasteiger partial charge in [-0.1, -0.05) is 19.1 Å². The Morgan fingerprint density at radius 3 is 2.27 bits per heavy atom. The monoisotopic (exact) mass is 466 g/mol. The van der Waals surface area contributed by atoms with Crippen molar-refractivity contribution in [1.29, 1.82) is 0 Å². The summed E-state index contributed by atoms with van der Waals surface area (Å²) in [6.07, 6.45) is 0.128. The number of carbonyl (C=O) groups excluding carboxylic acids is 4. The van der Waals surface area contributed by atoms with Gasteiger partial charge in [0, 0.05) is 0 Å². The fourth-order valence-corrected chi connectivity index (χ4v) is 3.34. The van der Waals surface area contributed by atoms with Gasteiger partial charge in [0.25, 0.3) is 5.91 Å². The van der Waals surface area contributed by atoms with Gasteiger partial charge < -0.3 is 16.0 Å². The number of rotatable bonds is 7. The second kappa shape index (κ2) is 9.27. The van der Waals surface area contributed by atoms with E-state index in [4.69, 9.17) is 0 Å². The minimum atomic E-state index is -1.77. The van der Waals surface area contributed by atoms with Gasteiger partial charge in [-0.05, 0) is 36.2 Å². The molecule has 5 amide bonds. The molecule has 1 saturated heterocycles. The predicted molar refractivity (Wildman–Crippen MR) is 107 cm³/mol. The number of hydrogen-bond acceptors (Lipinski definition) is 4. The molecule has 0 bridgehead atoms. The fourth-order valence-electron chi connectivity index (χ4n) is 3.34. The third kappa shape index (κ3) is 4.64. The van der Waals surface area contributed by atoms with Gasteiger partial charge in [0.05, 0.1) is 12.2 Å². The Kier molecular flexibility index (Phi) is 6.65. The van der Waals surface area contributed by atoms with Crippen LogP contribution in [0.1, 0.15) is 18.9 Å². The van der Waals surface area contributed by atoms with Gasteiger partial charge in [-0.25, -0.2) is 22.4 Å². The first-order valence-corrected chi connectivity index (χ1v) is 9.69.